The number of rotatable bonds is 5. The molecule has 1 saturated heterocycles. The number of benzene rings is 1. The number of aromatic nitrogens is 3. The zero-order valence-electron chi connectivity index (χ0n) is 18.2. The van der Waals surface area contributed by atoms with Gasteiger partial charge >= 0.3 is 0 Å². The van der Waals surface area contributed by atoms with E-state index in [-0.39, 0.29) is 31.2 Å². The number of hydrogen-bond donors (Lipinski definition) is 2. The van der Waals surface area contributed by atoms with E-state index in [1.807, 2.05) is 57.3 Å². The van der Waals surface area contributed by atoms with Crippen LogP contribution in [0.5, 0.6) is 0 Å². The first-order valence-electron chi connectivity index (χ1n) is 10.5. The zero-order valence-corrected chi connectivity index (χ0v) is 18.2. The Morgan fingerprint density at radius 3 is 2.68 bits per heavy atom. The summed E-state index contributed by atoms with van der Waals surface area (Å²) in [6, 6.07) is 9.67. The molecule has 0 radical (unpaired) electrons. The highest BCUT2D eigenvalue weighted by atomic mass is 16.5. The van der Waals surface area contributed by atoms with Crippen molar-refractivity contribution in [1.29, 1.82) is 0 Å². The van der Waals surface area contributed by atoms with Crippen molar-refractivity contribution >= 4 is 22.8 Å². The molecule has 4 rings (SSSR count). The van der Waals surface area contributed by atoms with Gasteiger partial charge in [0.1, 0.15) is 24.4 Å². The summed E-state index contributed by atoms with van der Waals surface area (Å²) >= 11 is 0. The van der Waals surface area contributed by atoms with E-state index in [1.54, 1.807) is 4.90 Å². The molecule has 0 saturated carbocycles. The van der Waals surface area contributed by atoms with Crippen LogP contribution in [0.2, 0.25) is 0 Å². The number of carbonyl (C=O) groups excluding carboxylic acids is 1. The molecule has 3 heterocycles. The van der Waals surface area contributed by atoms with E-state index in [9.17, 15) is 9.90 Å². The monoisotopic (exact) mass is 423 g/mol. The molecular formula is C23H29N5O3. The molecule has 8 heteroatoms. The third-order valence-corrected chi connectivity index (χ3v) is 5.67. The Morgan fingerprint density at radius 1 is 1.26 bits per heavy atom. The van der Waals surface area contributed by atoms with Gasteiger partial charge in [0, 0.05) is 18.3 Å². The van der Waals surface area contributed by atoms with Gasteiger partial charge in [-0.3, -0.25) is 4.79 Å². The van der Waals surface area contributed by atoms with Gasteiger partial charge < -0.3 is 25.0 Å². The Labute approximate surface area is 181 Å². The minimum atomic E-state index is -0.404. The summed E-state index contributed by atoms with van der Waals surface area (Å²) in [7, 11) is 0. The van der Waals surface area contributed by atoms with E-state index >= 15 is 0 Å². The number of nitrogens with two attached hydrogens (primary N) is 1. The Kier molecular flexibility index (Phi) is 5.68. The number of likely N-dealkylation sites (tertiary alicyclic amines) is 1. The maximum atomic E-state index is 12.8. The molecule has 1 amide bonds. The summed E-state index contributed by atoms with van der Waals surface area (Å²) < 4.78 is 7.73. The van der Waals surface area contributed by atoms with Gasteiger partial charge in [0.05, 0.1) is 29.7 Å². The number of amides is 1. The van der Waals surface area contributed by atoms with Crippen molar-refractivity contribution in [3.05, 3.63) is 42.9 Å². The molecule has 3 N–H and O–H groups in total. The standard InChI is InChI=1S/C23H29N5O3/c1-23(2,3)31-13-19(30)27-10-16(9-17(27)12-29)28-11-18(15-7-5-4-6-8-15)20-21(24)25-14-26-22(20)28/h4-8,11,14,16-17,29H,9-10,12-13H2,1-3H3,(H2,24,25,26). The minimum absolute atomic E-state index is 0.0104. The highest BCUT2D eigenvalue weighted by molar-refractivity contribution is 6.00. The van der Waals surface area contributed by atoms with Crippen molar-refractivity contribution in [1.82, 2.24) is 19.4 Å². The van der Waals surface area contributed by atoms with Gasteiger partial charge in [-0.25, -0.2) is 9.97 Å². The van der Waals surface area contributed by atoms with E-state index in [1.165, 1.54) is 6.33 Å². The molecule has 2 unspecified atom stereocenters. The van der Waals surface area contributed by atoms with Crippen LogP contribution in [0.3, 0.4) is 0 Å². The van der Waals surface area contributed by atoms with E-state index < -0.39 is 5.60 Å². The Bertz CT molecular complexity index is 1070. The number of hydrogen-bond acceptors (Lipinski definition) is 6. The van der Waals surface area contributed by atoms with Crippen molar-refractivity contribution in [3.8, 4) is 11.1 Å². The second kappa shape index (κ2) is 8.28. The summed E-state index contributed by atoms with van der Waals surface area (Å²) in [5, 5.41) is 10.7. The summed E-state index contributed by atoms with van der Waals surface area (Å²) in [6.45, 7) is 6.11. The number of nitrogen functional groups attached to an aromatic ring is 1. The van der Waals surface area contributed by atoms with Crippen LogP contribution in [0, 0.1) is 0 Å². The lowest BCUT2D eigenvalue weighted by Crippen LogP contribution is -2.41. The van der Waals surface area contributed by atoms with Gasteiger partial charge in [0.2, 0.25) is 5.91 Å². The molecular weight excluding hydrogens is 394 g/mol. The minimum Gasteiger partial charge on any atom is -0.394 e. The fraction of sp³-hybridized carbons (Fsp3) is 0.435. The number of anilines is 1. The first-order valence-corrected chi connectivity index (χ1v) is 10.5. The number of aliphatic hydroxyl groups excluding tert-OH is 1. The second-order valence-electron chi connectivity index (χ2n) is 8.95. The van der Waals surface area contributed by atoms with Gasteiger partial charge in [0.25, 0.3) is 0 Å². The molecule has 3 aromatic rings. The molecule has 0 spiro atoms. The molecule has 164 valence electrons. The molecule has 31 heavy (non-hydrogen) atoms. The van der Waals surface area contributed by atoms with Crippen LogP contribution in [0.1, 0.15) is 33.2 Å². The maximum Gasteiger partial charge on any atom is 0.248 e. The predicted octanol–water partition coefficient (Wildman–Crippen LogP) is 2.63. The van der Waals surface area contributed by atoms with E-state index in [0.29, 0.717) is 18.8 Å². The van der Waals surface area contributed by atoms with E-state index in [2.05, 4.69) is 14.5 Å². The third kappa shape index (κ3) is 4.26. The smallest absolute Gasteiger partial charge is 0.248 e. The molecule has 2 aromatic heterocycles. The van der Waals surface area contributed by atoms with Crippen molar-refractivity contribution in [2.24, 2.45) is 0 Å². The van der Waals surface area contributed by atoms with E-state index in [0.717, 1.165) is 22.2 Å². The summed E-state index contributed by atoms with van der Waals surface area (Å²) in [6.07, 6.45) is 4.12. The third-order valence-electron chi connectivity index (χ3n) is 5.67. The van der Waals surface area contributed by atoms with Gasteiger partial charge in [-0.1, -0.05) is 30.3 Å². The summed E-state index contributed by atoms with van der Waals surface area (Å²) in [5.41, 5.74) is 8.53. The first-order chi connectivity index (χ1) is 14.8. The second-order valence-corrected chi connectivity index (χ2v) is 8.95. The van der Waals surface area contributed by atoms with Gasteiger partial charge in [-0.15, -0.1) is 0 Å². The lowest BCUT2D eigenvalue weighted by atomic mass is 10.1. The molecule has 1 fully saturated rings. The normalized spacial score (nSPS) is 19.3. The Hall–Kier alpha value is -2.97. The van der Waals surface area contributed by atoms with Gasteiger partial charge in [-0.05, 0) is 32.8 Å². The van der Waals surface area contributed by atoms with Crippen LogP contribution >= 0.6 is 0 Å². The quantitative estimate of drug-likeness (QED) is 0.653. The molecule has 2 atom stereocenters. The van der Waals surface area contributed by atoms with Crippen LogP contribution in [-0.4, -0.2) is 61.9 Å². The summed E-state index contributed by atoms with van der Waals surface area (Å²) in [4.78, 5) is 23.2. The van der Waals surface area contributed by atoms with Gasteiger partial charge in [-0.2, -0.15) is 0 Å². The number of fused-ring (bicyclic) bond motifs is 1. The first kappa shape index (κ1) is 21.3. The average molecular weight is 424 g/mol. The molecule has 1 aliphatic rings. The average Bonchev–Trinajstić information content (AvgIpc) is 3.34. The van der Waals surface area contributed by atoms with Crippen LogP contribution in [-0.2, 0) is 9.53 Å². The lowest BCUT2D eigenvalue weighted by Gasteiger charge is -2.25. The van der Waals surface area contributed by atoms with Crippen LogP contribution < -0.4 is 5.73 Å². The Balaban J connectivity index is 1.68. The van der Waals surface area contributed by atoms with Gasteiger partial charge in [0.15, 0.2) is 0 Å². The molecule has 1 aliphatic heterocycles. The fourth-order valence-electron chi connectivity index (χ4n) is 4.16. The molecule has 1 aromatic carbocycles. The maximum absolute atomic E-state index is 12.8. The number of carbonyl (C=O) groups is 1. The van der Waals surface area contributed by atoms with Crippen molar-refractivity contribution < 1.29 is 14.6 Å². The SMILES string of the molecule is CC(C)(C)OCC(=O)N1CC(n2cc(-c3ccccc3)c3c(N)ncnc32)CC1CO. The Morgan fingerprint density at radius 2 is 2.00 bits per heavy atom. The predicted molar refractivity (Wildman–Crippen MR) is 119 cm³/mol. The molecule has 8 nitrogen and oxygen atoms in total. The van der Waals surface area contributed by atoms with Crippen LogP contribution in [0.25, 0.3) is 22.2 Å². The van der Waals surface area contributed by atoms with E-state index in [4.69, 9.17) is 10.5 Å². The van der Waals surface area contributed by atoms with Crippen LogP contribution in [0.15, 0.2) is 42.9 Å². The highest BCUT2D eigenvalue weighted by Gasteiger charge is 2.37. The van der Waals surface area contributed by atoms with Crippen molar-refractivity contribution in [2.75, 3.05) is 25.5 Å². The number of ether oxygens (including phenoxy) is 1. The summed E-state index contributed by atoms with van der Waals surface area (Å²) in [5.74, 6) is 0.302. The lowest BCUT2D eigenvalue weighted by molar-refractivity contribution is -0.142. The van der Waals surface area contributed by atoms with Crippen molar-refractivity contribution in [2.45, 2.75) is 44.9 Å². The molecule has 0 bridgehead atoms. The van der Waals surface area contributed by atoms with Crippen molar-refractivity contribution in [3.63, 3.8) is 0 Å². The topological polar surface area (TPSA) is 106 Å². The zero-order chi connectivity index (χ0) is 22.2. The molecule has 0 aliphatic carbocycles. The fourth-order valence-corrected chi connectivity index (χ4v) is 4.16. The highest BCUT2D eigenvalue weighted by Crippen LogP contribution is 2.37. The number of aliphatic hydroxyl groups is 1. The largest absolute Gasteiger partial charge is 0.394 e. The van der Waals surface area contributed by atoms with Crippen LogP contribution in [0.4, 0.5) is 5.82 Å². The number of nitrogens with zero attached hydrogens (tertiary/aromatic N) is 4.